The fourth-order valence-electron chi connectivity index (χ4n) is 3.48. The summed E-state index contributed by atoms with van der Waals surface area (Å²) in [7, 11) is 0. The first-order chi connectivity index (χ1) is 10.1. The van der Waals surface area contributed by atoms with Crippen LogP contribution in [-0.2, 0) is 22.6 Å². The number of fused-ring (bicyclic) bond motifs is 1. The van der Waals surface area contributed by atoms with Crippen molar-refractivity contribution in [1.29, 1.82) is 0 Å². The number of carbonyl (C=O) groups is 2. The smallest absolute Gasteiger partial charge is 0.240 e. The van der Waals surface area contributed by atoms with Crippen LogP contribution >= 0.6 is 0 Å². The number of carbonyl (C=O) groups excluding carboxylic acids is 2. The summed E-state index contributed by atoms with van der Waals surface area (Å²) in [5.74, 6) is -0.464. The van der Waals surface area contributed by atoms with E-state index < -0.39 is 11.9 Å². The molecule has 0 radical (unpaired) electrons. The first-order valence-corrected chi connectivity index (χ1v) is 7.48. The maximum absolute atomic E-state index is 12.7. The number of nitrogens with two attached hydrogens (primary N) is 2. The van der Waals surface area contributed by atoms with Crippen molar-refractivity contribution >= 4 is 11.8 Å². The highest BCUT2D eigenvalue weighted by atomic mass is 16.2. The number of primary amides is 1. The molecule has 1 aromatic carbocycles. The molecule has 5 nitrogen and oxygen atoms in total. The van der Waals surface area contributed by atoms with E-state index in [0.717, 1.165) is 24.0 Å². The Labute approximate surface area is 124 Å². The van der Waals surface area contributed by atoms with Crippen molar-refractivity contribution in [2.75, 3.05) is 0 Å². The summed E-state index contributed by atoms with van der Waals surface area (Å²) in [6.45, 7) is 0.467. The second kappa shape index (κ2) is 5.48. The van der Waals surface area contributed by atoms with Gasteiger partial charge in [0.25, 0.3) is 0 Å². The SMILES string of the molecule is NC(=O)C1Cc2ccccc2CN1C(=O)C1CCC(N)C1. The molecule has 0 saturated heterocycles. The van der Waals surface area contributed by atoms with Gasteiger partial charge in [-0.2, -0.15) is 0 Å². The van der Waals surface area contributed by atoms with Crippen LogP contribution in [0.1, 0.15) is 30.4 Å². The van der Waals surface area contributed by atoms with Gasteiger partial charge in [0.2, 0.25) is 11.8 Å². The topological polar surface area (TPSA) is 89.4 Å². The van der Waals surface area contributed by atoms with Crippen LogP contribution in [0.25, 0.3) is 0 Å². The summed E-state index contributed by atoms with van der Waals surface area (Å²) in [6.07, 6.45) is 2.91. The molecular weight excluding hydrogens is 266 g/mol. The number of nitrogens with zero attached hydrogens (tertiary/aromatic N) is 1. The first-order valence-electron chi connectivity index (χ1n) is 7.48. The third kappa shape index (κ3) is 2.65. The molecule has 1 saturated carbocycles. The highest BCUT2D eigenvalue weighted by Crippen LogP contribution is 2.30. The molecule has 0 bridgehead atoms. The van der Waals surface area contributed by atoms with Crippen molar-refractivity contribution < 1.29 is 9.59 Å². The number of benzene rings is 1. The van der Waals surface area contributed by atoms with Crippen LogP contribution in [-0.4, -0.2) is 28.8 Å². The van der Waals surface area contributed by atoms with Gasteiger partial charge in [-0.05, 0) is 30.4 Å². The Morgan fingerprint density at radius 2 is 1.86 bits per heavy atom. The van der Waals surface area contributed by atoms with E-state index in [9.17, 15) is 9.59 Å². The maximum Gasteiger partial charge on any atom is 0.240 e. The van der Waals surface area contributed by atoms with E-state index in [1.54, 1.807) is 4.90 Å². The summed E-state index contributed by atoms with van der Waals surface area (Å²) in [6, 6.07) is 7.47. The number of amides is 2. The van der Waals surface area contributed by atoms with Crippen molar-refractivity contribution in [2.24, 2.45) is 17.4 Å². The molecule has 2 aliphatic rings. The summed E-state index contributed by atoms with van der Waals surface area (Å²) in [5, 5.41) is 0. The standard InChI is InChI=1S/C16H21N3O2/c17-13-6-5-11(7-13)16(21)19-9-12-4-2-1-3-10(12)8-14(19)15(18)20/h1-4,11,13-14H,5-9,17H2,(H2,18,20). The first kappa shape index (κ1) is 14.1. The van der Waals surface area contributed by atoms with E-state index in [0.29, 0.717) is 19.4 Å². The number of hydrogen-bond acceptors (Lipinski definition) is 3. The average Bonchev–Trinajstić information content (AvgIpc) is 2.91. The van der Waals surface area contributed by atoms with Gasteiger partial charge in [-0.25, -0.2) is 0 Å². The Morgan fingerprint density at radius 1 is 1.14 bits per heavy atom. The summed E-state index contributed by atoms with van der Waals surface area (Å²) < 4.78 is 0. The van der Waals surface area contributed by atoms with E-state index >= 15 is 0 Å². The monoisotopic (exact) mass is 287 g/mol. The highest BCUT2D eigenvalue weighted by molar-refractivity contribution is 5.88. The van der Waals surface area contributed by atoms with Gasteiger partial charge in [-0.3, -0.25) is 9.59 Å². The van der Waals surface area contributed by atoms with Crippen molar-refractivity contribution in [3.63, 3.8) is 0 Å². The Kier molecular flexibility index (Phi) is 3.68. The lowest BCUT2D eigenvalue weighted by atomic mass is 9.92. The molecule has 0 aromatic heterocycles. The van der Waals surface area contributed by atoms with Crippen molar-refractivity contribution in [1.82, 2.24) is 4.90 Å². The predicted molar refractivity (Wildman–Crippen MR) is 79.0 cm³/mol. The van der Waals surface area contributed by atoms with E-state index in [1.807, 2.05) is 24.3 Å². The zero-order valence-corrected chi connectivity index (χ0v) is 12.0. The van der Waals surface area contributed by atoms with Crippen LogP contribution in [0, 0.1) is 5.92 Å². The molecule has 3 unspecified atom stereocenters. The van der Waals surface area contributed by atoms with Crippen LogP contribution in [0.5, 0.6) is 0 Å². The molecule has 112 valence electrons. The zero-order chi connectivity index (χ0) is 15.0. The van der Waals surface area contributed by atoms with Gasteiger partial charge >= 0.3 is 0 Å². The molecule has 0 spiro atoms. The van der Waals surface area contributed by atoms with Crippen LogP contribution in [0.2, 0.25) is 0 Å². The van der Waals surface area contributed by atoms with Crippen LogP contribution in [0.4, 0.5) is 0 Å². The molecule has 1 aliphatic heterocycles. The van der Waals surface area contributed by atoms with Gasteiger partial charge in [-0.15, -0.1) is 0 Å². The molecule has 1 fully saturated rings. The molecule has 1 heterocycles. The molecule has 2 amide bonds. The second-order valence-electron chi connectivity index (χ2n) is 6.13. The minimum atomic E-state index is -0.538. The van der Waals surface area contributed by atoms with Crippen molar-refractivity contribution in [2.45, 2.75) is 44.3 Å². The third-order valence-electron chi connectivity index (χ3n) is 4.68. The highest BCUT2D eigenvalue weighted by Gasteiger charge is 2.38. The fraction of sp³-hybridized carbons (Fsp3) is 0.500. The van der Waals surface area contributed by atoms with E-state index in [2.05, 4.69) is 0 Å². The molecule has 5 heteroatoms. The van der Waals surface area contributed by atoms with Crippen LogP contribution in [0.15, 0.2) is 24.3 Å². The summed E-state index contributed by atoms with van der Waals surface area (Å²) in [5.41, 5.74) is 13.6. The molecule has 1 aromatic rings. The van der Waals surface area contributed by atoms with Gasteiger partial charge in [0, 0.05) is 24.9 Å². The molecule has 3 atom stereocenters. The maximum atomic E-state index is 12.7. The molecule has 21 heavy (non-hydrogen) atoms. The lowest BCUT2D eigenvalue weighted by Crippen LogP contribution is -2.52. The van der Waals surface area contributed by atoms with Gasteiger partial charge in [0.05, 0.1) is 0 Å². The lowest BCUT2D eigenvalue weighted by Gasteiger charge is -2.36. The zero-order valence-electron chi connectivity index (χ0n) is 12.0. The minimum Gasteiger partial charge on any atom is -0.368 e. The Balaban J connectivity index is 1.85. The Bertz CT molecular complexity index is 572. The molecule has 4 N–H and O–H groups in total. The predicted octanol–water partition coefficient (Wildman–Crippen LogP) is 0.553. The largest absolute Gasteiger partial charge is 0.368 e. The average molecular weight is 287 g/mol. The quantitative estimate of drug-likeness (QED) is 0.832. The van der Waals surface area contributed by atoms with E-state index in [-0.39, 0.29) is 17.9 Å². The van der Waals surface area contributed by atoms with Crippen molar-refractivity contribution in [3.8, 4) is 0 Å². The van der Waals surface area contributed by atoms with Gasteiger partial charge in [0.15, 0.2) is 0 Å². The normalized spacial score (nSPS) is 28.2. The lowest BCUT2D eigenvalue weighted by molar-refractivity contribution is -0.144. The van der Waals surface area contributed by atoms with Gasteiger partial charge in [0.1, 0.15) is 6.04 Å². The van der Waals surface area contributed by atoms with Gasteiger partial charge < -0.3 is 16.4 Å². The Hall–Kier alpha value is -1.88. The number of hydrogen-bond donors (Lipinski definition) is 2. The minimum absolute atomic E-state index is 0.0289. The fourth-order valence-corrected chi connectivity index (χ4v) is 3.48. The summed E-state index contributed by atoms with van der Waals surface area (Å²) in [4.78, 5) is 26.2. The van der Waals surface area contributed by atoms with Gasteiger partial charge in [-0.1, -0.05) is 24.3 Å². The molecular formula is C16H21N3O2. The second-order valence-corrected chi connectivity index (χ2v) is 6.13. The Morgan fingerprint density at radius 3 is 2.48 bits per heavy atom. The summed E-state index contributed by atoms with van der Waals surface area (Å²) >= 11 is 0. The third-order valence-corrected chi connectivity index (χ3v) is 4.68. The van der Waals surface area contributed by atoms with Crippen LogP contribution < -0.4 is 11.5 Å². The molecule has 1 aliphatic carbocycles. The molecule has 3 rings (SSSR count). The van der Waals surface area contributed by atoms with E-state index in [4.69, 9.17) is 11.5 Å². The number of rotatable bonds is 2. The van der Waals surface area contributed by atoms with Crippen molar-refractivity contribution in [3.05, 3.63) is 35.4 Å². The van der Waals surface area contributed by atoms with E-state index in [1.165, 1.54) is 0 Å². The van der Waals surface area contributed by atoms with Crippen LogP contribution in [0.3, 0.4) is 0 Å².